The Morgan fingerprint density at radius 1 is 1.38 bits per heavy atom. The molecule has 0 amide bonds. The van der Waals surface area contributed by atoms with Crippen LogP contribution in [0.1, 0.15) is 30.9 Å². The first kappa shape index (κ1) is 13.7. The van der Waals surface area contributed by atoms with Crippen LogP contribution in [0.2, 0.25) is 0 Å². The first-order chi connectivity index (χ1) is 7.20. The Labute approximate surface area is 103 Å². The molecule has 4 nitrogen and oxygen atoms in total. The summed E-state index contributed by atoms with van der Waals surface area (Å²) in [5.74, 6) is 0.467. The Balaban J connectivity index is 3.20. The van der Waals surface area contributed by atoms with Crippen LogP contribution in [0.5, 0.6) is 5.75 Å². The highest BCUT2D eigenvalue weighted by Gasteiger charge is 2.19. The number of phosphoric acid groups is 1. The summed E-state index contributed by atoms with van der Waals surface area (Å²) >= 11 is 3.41. The summed E-state index contributed by atoms with van der Waals surface area (Å²) in [4.78, 5) is 17.5. The molecule has 0 unspecified atom stereocenters. The molecule has 0 fully saturated rings. The highest BCUT2D eigenvalue weighted by molar-refractivity contribution is 9.10. The SMILES string of the molecule is Cc1cc(Br)c(C(C)C)cc1OP(=O)(O)O. The lowest BCUT2D eigenvalue weighted by atomic mass is 10.0. The molecule has 0 aliphatic heterocycles. The fourth-order valence-electron chi connectivity index (χ4n) is 1.34. The molecule has 1 aromatic rings. The molecule has 0 atom stereocenters. The first-order valence-corrected chi connectivity index (χ1v) is 7.08. The van der Waals surface area contributed by atoms with Crippen LogP contribution in [0.25, 0.3) is 0 Å². The maximum atomic E-state index is 10.8. The molecule has 1 rings (SSSR count). The van der Waals surface area contributed by atoms with E-state index in [0.717, 1.165) is 10.0 Å². The van der Waals surface area contributed by atoms with Crippen LogP contribution >= 0.6 is 23.8 Å². The topological polar surface area (TPSA) is 66.8 Å². The summed E-state index contributed by atoms with van der Waals surface area (Å²) in [6.45, 7) is 5.73. The van der Waals surface area contributed by atoms with Crippen molar-refractivity contribution < 1.29 is 18.9 Å². The number of phosphoric ester groups is 1. The molecule has 0 bridgehead atoms. The van der Waals surface area contributed by atoms with Crippen molar-refractivity contribution in [2.45, 2.75) is 26.7 Å². The number of benzene rings is 1. The lowest BCUT2D eigenvalue weighted by Crippen LogP contribution is -1.96. The van der Waals surface area contributed by atoms with Gasteiger partial charge in [0.15, 0.2) is 0 Å². The van der Waals surface area contributed by atoms with Gasteiger partial charge < -0.3 is 4.52 Å². The fourth-order valence-corrected chi connectivity index (χ4v) is 2.71. The predicted molar refractivity (Wildman–Crippen MR) is 65.6 cm³/mol. The first-order valence-electron chi connectivity index (χ1n) is 4.76. The van der Waals surface area contributed by atoms with Crippen molar-refractivity contribution in [3.05, 3.63) is 27.7 Å². The second-order valence-corrected chi connectivity index (χ2v) is 5.89. The molecule has 2 N–H and O–H groups in total. The largest absolute Gasteiger partial charge is 0.524 e. The van der Waals surface area contributed by atoms with Gasteiger partial charge >= 0.3 is 7.82 Å². The third kappa shape index (κ3) is 3.59. The van der Waals surface area contributed by atoms with Crippen LogP contribution in [0, 0.1) is 6.92 Å². The van der Waals surface area contributed by atoms with E-state index in [1.165, 1.54) is 0 Å². The highest BCUT2D eigenvalue weighted by Crippen LogP contribution is 2.41. The fraction of sp³-hybridized carbons (Fsp3) is 0.400. The average molecular weight is 309 g/mol. The molecule has 1 aromatic carbocycles. The zero-order chi connectivity index (χ0) is 12.5. The van der Waals surface area contributed by atoms with Gasteiger partial charge in [0, 0.05) is 4.47 Å². The minimum absolute atomic E-state index is 0.222. The number of hydrogen-bond donors (Lipinski definition) is 2. The smallest absolute Gasteiger partial charge is 0.404 e. The van der Waals surface area contributed by atoms with Gasteiger partial charge in [0.25, 0.3) is 0 Å². The normalized spacial score (nSPS) is 11.9. The van der Waals surface area contributed by atoms with Crippen molar-refractivity contribution in [3.63, 3.8) is 0 Å². The summed E-state index contributed by atoms with van der Waals surface area (Å²) in [7, 11) is -4.50. The van der Waals surface area contributed by atoms with Crippen molar-refractivity contribution in [1.82, 2.24) is 0 Å². The predicted octanol–water partition coefficient (Wildman–Crippen LogP) is 3.35. The quantitative estimate of drug-likeness (QED) is 0.840. The van der Waals surface area contributed by atoms with Gasteiger partial charge in [0.1, 0.15) is 5.75 Å². The minimum Gasteiger partial charge on any atom is -0.404 e. The van der Waals surface area contributed by atoms with Crippen LogP contribution in [0.15, 0.2) is 16.6 Å². The van der Waals surface area contributed by atoms with Gasteiger partial charge in [-0.25, -0.2) is 4.57 Å². The molecular weight excluding hydrogens is 295 g/mol. The Morgan fingerprint density at radius 2 is 1.94 bits per heavy atom. The minimum atomic E-state index is -4.50. The van der Waals surface area contributed by atoms with Gasteiger partial charge in [0.05, 0.1) is 0 Å². The molecule has 0 aliphatic rings. The van der Waals surface area contributed by atoms with Crippen molar-refractivity contribution >= 4 is 23.8 Å². The van der Waals surface area contributed by atoms with Gasteiger partial charge in [-0.1, -0.05) is 29.8 Å². The Bertz CT molecular complexity index is 439. The van der Waals surface area contributed by atoms with Gasteiger partial charge in [0.2, 0.25) is 0 Å². The standard InChI is InChI=1S/C10H14BrO4P/c1-6(2)8-5-10(15-16(12,13)14)7(3)4-9(8)11/h4-6H,1-3H3,(H2,12,13,14). The van der Waals surface area contributed by atoms with E-state index in [1.54, 1.807) is 19.1 Å². The molecule has 6 heteroatoms. The Hall–Kier alpha value is -0.350. The average Bonchev–Trinajstić information content (AvgIpc) is 2.07. The van der Waals surface area contributed by atoms with Crippen LogP contribution in [0.4, 0.5) is 0 Å². The third-order valence-electron chi connectivity index (χ3n) is 2.13. The molecule has 0 radical (unpaired) electrons. The van der Waals surface area contributed by atoms with E-state index in [-0.39, 0.29) is 11.7 Å². The maximum Gasteiger partial charge on any atom is 0.524 e. The van der Waals surface area contributed by atoms with Crippen LogP contribution in [-0.4, -0.2) is 9.79 Å². The number of hydrogen-bond acceptors (Lipinski definition) is 2. The molecule has 0 aromatic heterocycles. The van der Waals surface area contributed by atoms with Crippen molar-refractivity contribution in [2.75, 3.05) is 0 Å². The molecule has 0 aliphatic carbocycles. The maximum absolute atomic E-state index is 10.8. The summed E-state index contributed by atoms with van der Waals surface area (Å²) in [5.41, 5.74) is 1.63. The monoisotopic (exact) mass is 308 g/mol. The number of rotatable bonds is 3. The third-order valence-corrected chi connectivity index (χ3v) is 3.25. The zero-order valence-corrected chi connectivity index (χ0v) is 11.7. The molecule has 0 saturated heterocycles. The van der Waals surface area contributed by atoms with Crippen molar-refractivity contribution in [2.24, 2.45) is 0 Å². The lowest BCUT2D eigenvalue weighted by molar-refractivity contribution is 0.282. The van der Waals surface area contributed by atoms with Crippen molar-refractivity contribution in [3.8, 4) is 5.75 Å². The van der Waals surface area contributed by atoms with Crippen LogP contribution < -0.4 is 4.52 Å². The Morgan fingerprint density at radius 3 is 2.38 bits per heavy atom. The van der Waals surface area contributed by atoms with E-state index in [9.17, 15) is 4.57 Å². The zero-order valence-electron chi connectivity index (χ0n) is 9.27. The molecular formula is C10H14BrO4P. The molecule has 0 spiro atoms. The van der Waals surface area contributed by atoms with E-state index >= 15 is 0 Å². The molecule has 0 saturated carbocycles. The number of aryl methyl sites for hydroxylation is 1. The molecule has 90 valence electrons. The summed E-state index contributed by atoms with van der Waals surface area (Å²) < 4.78 is 16.3. The second kappa shape index (κ2) is 4.88. The lowest BCUT2D eigenvalue weighted by Gasteiger charge is -2.14. The summed E-state index contributed by atoms with van der Waals surface area (Å²) in [6, 6.07) is 3.45. The van der Waals surface area contributed by atoms with Crippen molar-refractivity contribution in [1.29, 1.82) is 0 Å². The van der Waals surface area contributed by atoms with E-state index < -0.39 is 7.82 Å². The van der Waals surface area contributed by atoms with Gasteiger partial charge in [-0.2, -0.15) is 0 Å². The summed E-state index contributed by atoms with van der Waals surface area (Å²) in [6.07, 6.45) is 0. The number of halogens is 1. The van der Waals surface area contributed by atoms with E-state index in [2.05, 4.69) is 20.5 Å². The molecule has 16 heavy (non-hydrogen) atoms. The summed E-state index contributed by atoms with van der Waals surface area (Å²) in [5, 5.41) is 0. The molecule has 0 heterocycles. The van der Waals surface area contributed by atoms with Gasteiger partial charge in [-0.3, -0.25) is 9.79 Å². The van der Waals surface area contributed by atoms with E-state index in [0.29, 0.717) is 5.56 Å². The second-order valence-electron chi connectivity index (χ2n) is 3.88. The van der Waals surface area contributed by atoms with Crippen LogP contribution in [0.3, 0.4) is 0 Å². The Kier molecular flexibility index (Phi) is 4.18. The van der Waals surface area contributed by atoms with Gasteiger partial charge in [-0.15, -0.1) is 0 Å². The van der Waals surface area contributed by atoms with Gasteiger partial charge in [-0.05, 0) is 36.1 Å². The van der Waals surface area contributed by atoms with E-state index in [1.807, 2.05) is 13.8 Å². The van der Waals surface area contributed by atoms with E-state index in [4.69, 9.17) is 9.79 Å². The van der Waals surface area contributed by atoms with Crippen LogP contribution in [-0.2, 0) is 4.57 Å². The highest BCUT2D eigenvalue weighted by atomic mass is 79.9.